The average molecular weight is 342 g/mol. The maximum Gasteiger partial charge on any atom is 0.160 e. The molecule has 5 nitrogen and oxygen atoms in total. The van der Waals surface area contributed by atoms with E-state index in [4.69, 9.17) is 14.2 Å². The molecule has 3 unspecified atom stereocenters. The van der Waals surface area contributed by atoms with E-state index in [1.54, 1.807) is 20.3 Å². The highest BCUT2D eigenvalue weighted by Gasteiger charge is 2.41. The first-order valence-electron chi connectivity index (χ1n) is 8.48. The lowest BCUT2D eigenvalue weighted by Crippen LogP contribution is -2.25. The Hall–Kier alpha value is -2.40. The summed E-state index contributed by atoms with van der Waals surface area (Å²) in [6, 6.07) is 9.16. The van der Waals surface area contributed by atoms with E-state index in [1.165, 1.54) is 5.56 Å². The Morgan fingerprint density at radius 2 is 1.64 bits per heavy atom. The van der Waals surface area contributed by atoms with Crippen LogP contribution in [-0.4, -0.2) is 31.0 Å². The molecule has 2 aromatic carbocycles. The summed E-state index contributed by atoms with van der Waals surface area (Å²) in [5.74, 6) is 2.08. The average Bonchev–Trinajstić information content (AvgIpc) is 3.02. The van der Waals surface area contributed by atoms with Crippen LogP contribution >= 0.6 is 0 Å². The zero-order valence-corrected chi connectivity index (χ0v) is 14.4. The number of methoxy groups -OCH3 is 2. The quantitative estimate of drug-likeness (QED) is 0.896. The van der Waals surface area contributed by atoms with Gasteiger partial charge in [0.15, 0.2) is 23.0 Å². The molecule has 1 fully saturated rings. The summed E-state index contributed by atoms with van der Waals surface area (Å²) in [6.07, 6.45) is 1.74. The van der Waals surface area contributed by atoms with Gasteiger partial charge in [0.1, 0.15) is 0 Å². The molecule has 2 aliphatic rings. The molecule has 1 aliphatic heterocycles. The summed E-state index contributed by atoms with van der Waals surface area (Å²) in [5, 5.41) is 19.9. The fourth-order valence-corrected chi connectivity index (χ4v) is 4.15. The van der Waals surface area contributed by atoms with Crippen molar-refractivity contribution in [3.63, 3.8) is 0 Å². The predicted octanol–water partition coefficient (Wildman–Crippen LogP) is 3.22. The highest BCUT2D eigenvalue weighted by atomic mass is 16.5. The number of aromatic hydroxyl groups is 2. The van der Waals surface area contributed by atoms with Crippen LogP contribution < -0.4 is 9.47 Å². The van der Waals surface area contributed by atoms with Crippen LogP contribution in [0.15, 0.2) is 30.3 Å². The number of ether oxygens (including phenoxy) is 3. The van der Waals surface area contributed by atoms with Gasteiger partial charge in [0.05, 0.1) is 26.9 Å². The molecule has 25 heavy (non-hydrogen) atoms. The van der Waals surface area contributed by atoms with Crippen LogP contribution in [0.4, 0.5) is 0 Å². The molecular formula is C20H22O5. The molecule has 5 heteroatoms. The minimum absolute atomic E-state index is 0.0307. The molecule has 1 heterocycles. The van der Waals surface area contributed by atoms with Crippen molar-refractivity contribution in [1.29, 1.82) is 0 Å². The molecule has 1 saturated heterocycles. The molecule has 0 bridgehead atoms. The summed E-state index contributed by atoms with van der Waals surface area (Å²) in [7, 11) is 3.12. The molecule has 3 atom stereocenters. The van der Waals surface area contributed by atoms with Crippen molar-refractivity contribution >= 4 is 0 Å². The van der Waals surface area contributed by atoms with Crippen LogP contribution in [0.25, 0.3) is 0 Å². The minimum Gasteiger partial charge on any atom is -0.504 e. The van der Waals surface area contributed by atoms with E-state index in [-0.39, 0.29) is 17.6 Å². The lowest BCUT2D eigenvalue weighted by molar-refractivity contribution is 0.0902. The van der Waals surface area contributed by atoms with Crippen LogP contribution in [0.1, 0.15) is 22.8 Å². The van der Waals surface area contributed by atoms with Crippen LogP contribution in [0, 0.1) is 11.8 Å². The lowest BCUT2D eigenvalue weighted by atomic mass is 9.74. The number of phenolic OH excluding ortho intramolecular Hbond substituents is 2. The minimum atomic E-state index is -0.0307. The molecule has 0 amide bonds. The molecule has 0 spiro atoms. The molecule has 2 N–H and O–H groups in total. The Kier molecular flexibility index (Phi) is 3.96. The van der Waals surface area contributed by atoms with Gasteiger partial charge in [0.2, 0.25) is 0 Å². The van der Waals surface area contributed by atoms with E-state index in [0.29, 0.717) is 29.9 Å². The Balaban J connectivity index is 1.65. The van der Waals surface area contributed by atoms with Crippen molar-refractivity contribution in [3.05, 3.63) is 47.0 Å². The third-order valence-electron chi connectivity index (χ3n) is 5.46. The van der Waals surface area contributed by atoms with E-state index in [9.17, 15) is 10.2 Å². The third kappa shape index (κ3) is 2.68. The molecule has 4 rings (SSSR count). The smallest absolute Gasteiger partial charge is 0.160 e. The first-order valence-corrected chi connectivity index (χ1v) is 8.48. The second-order valence-electron chi connectivity index (χ2n) is 6.81. The standard InChI is InChI=1S/C20H22O5/c1-23-18-8-11(3-4-16(18)21)20-15-6-13-7-17(22)19(24-2)9-12(13)5-14(15)10-25-20/h3-4,7-9,14-15,20-22H,5-6,10H2,1-2H3. The number of hydrogen-bond acceptors (Lipinski definition) is 5. The number of phenols is 2. The molecule has 132 valence electrons. The van der Waals surface area contributed by atoms with Crippen molar-refractivity contribution in [2.45, 2.75) is 18.9 Å². The fourth-order valence-electron chi connectivity index (χ4n) is 4.15. The monoisotopic (exact) mass is 342 g/mol. The van der Waals surface area contributed by atoms with Crippen molar-refractivity contribution in [3.8, 4) is 23.0 Å². The van der Waals surface area contributed by atoms with Crippen molar-refractivity contribution in [2.24, 2.45) is 11.8 Å². The van der Waals surface area contributed by atoms with Gasteiger partial charge in [-0.25, -0.2) is 0 Å². The number of hydrogen-bond donors (Lipinski definition) is 2. The van der Waals surface area contributed by atoms with Gasteiger partial charge in [0.25, 0.3) is 0 Å². The zero-order chi connectivity index (χ0) is 17.6. The second-order valence-corrected chi connectivity index (χ2v) is 6.81. The molecule has 0 radical (unpaired) electrons. The Morgan fingerprint density at radius 1 is 0.920 bits per heavy atom. The summed E-state index contributed by atoms with van der Waals surface area (Å²) >= 11 is 0. The van der Waals surface area contributed by atoms with Crippen LogP contribution in [0.3, 0.4) is 0 Å². The Bertz CT molecular complexity index is 801. The van der Waals surface area contributed by atoms with Gasteiger partial charge in [-0.3, -0.25) is 0 Å². The molecule has 2 aromatic rings. The molecule has 0 saturated carbocycles. The fraction of sp³-hybridized carbons (Fsp3) is 0.400. The topological polar surface area (TPSA) is 68.2 Å². The molecule has 0 aromatic heterocycles. The van der Waals surface area contributed by atoms with Crippen LogP contribution in [0.5, 0.6) is 23.0 Å². The predicted molar refractivity (Wildman–Crippen MR) is 92.4 cm³/mol. The summed E-state index contributed by atoms with van der Waals surface area (Å²) < 4.78 is 16.6. The maximum atomic E-state index is 10.1. The molecule has 1 aliphatic carbocycles. The zero-order valence-electron chi connectivity index (χ0n) is 14.4. The van der Waals surface area contributed by atoms with E-state index in [1.807, 2.05) is 24.3 Å². The summed E-state index contributed by atoms with van der Waals surface area (Å²) in [5.41, 5.74) is 3.40. The van der Waals surface area contributed by atoms with Gasteiger partial charge >= 0.3 is 0 Å². The van der Waals surface area contributed by atoms with Gasteiger partial charge in [-0.15, -0.1) is 0 Å². The maximum absolute atomic E-state index is 10.1. The first kappa shape index (κ1) is 16.1. The van der Waals surface area contributed by atoms with Crippen molar-refractivity contribution in [2.75, 3.05) is 20.8 Å². The van der Waals surface area contributed by atoms with E-state index in [0.717, 1.165) is 24.0 Å². The number of benzene rings is 2. The van der Waals surface area contributed by atoms with Gasteiger partial charge in [-0.1, -0.05) is 6.07 Å². The van der Waals surface area contributed by atoms with Crippen LogP contribution in [0.2, 0.25) is 0 Å². The summed E-state index contributed by atoms with van der Waals surface area (Å²) in [6.45, 7) is 0.709. The summed E-state index contributed by atoms with van der Waals surface area (Å²) in [4.78, 5) is 0. The van der Waals surface area contributed by atoms with Gasteiger partial charge in [0, 0.05) is 0 Å². The SMILES string of the molecule is COc1cc(C2OCC3Cc4cc(OC)c(O)cc4CC32)ccc1O. The number of rotatable bonds is 3. The van der Waals surface area contributed by atoms with Gasteiger partial charge < -0.3 is 24.4 Å². The highest BCUT2D eigenvalue weighted by molar-refractivity contribution is 5.48. The Labute approximate surface area is 146 Å². The largest absolute Gasteiger partial charge is 0.504 e. The van der Waals surface area contributed by atoms with E-state index < -0.39 is 0 Å². The van der Waals surface area contributed by atoms with Gasteiger partial charge in [-0.2, -0.15) is 0 Å². The van der Waals surface area contributed by atoms with E-state index in [2.05, 4.69) is 0 Å². The van der Waals surface area contributed by atoms with Gasteiger partial charge in [-0.05, 0) is 65.6 Å². The normalized spacial score (nSPS) is 24.5. The molecular weight excluding hydrogens is 320 g/mol. The lowest BCUT2D eigenvalue weighted by Gasteiger charge is -2.30. The van der Waals surface area contributed by atoms with Crippen molar-refractivity contribution < 1.29 is 24.4 Å². The Morgan fingerprint density at radius 3 is 2.40 bits per heavy atom. The van der Waals surface area contributed by atoms with E-state index >= 15 is 0 Å². The van der Waals surface area contributed by atoms with Crippen molar-refractivity contribution in [1.82, 2.24) is 0 Å². The second kappa shape index (κ2) is 6.15. The highest BCUT2D eigenvalue weighted by Crippen LogP contribution is 2.47. The first-order chi connectivity index (χ1) is 12.1. The third-order valence-corrected chi connectivity index (χ3v) is 5.46. The number of fused-ring (bicyclic) bond motifs is 2. The van der Waals surface area contributed by atoms with Crippen LogP contribution in [-0.2, 0) is 17.6 Å².